The zero-order valence-corrected chi connectivity index (χ0v) is 12.3. The Labute approximate surface area is 125 Å². The van der Waals surface area contributed by atoms with Gasteiger partial charge in [-0.05, 0) is 34.6 Å². The normalized spacial score (nSPS) is 11.4. The van der Waals surface area contributed by atoms with Crippen LogP contribution in [0.15, 0.2) is 85.1 Å². The Bertz CT molecular complexity index is 831. The fraction of sp³-hybridized carbons (Fsp3) is 0. The van der Waals surface area contributed by atoms with E-state index in [9.17, 15) is 8.42 Å². The van der Waals surface area contributed by atoms with Gasteiger partial charge in [0, 0.05) is 4.90 Å². The van der Waals surface area contributed by atoms with Crippen LogP contribution in [0.1, 0.15) is 0 Å². The quantitative estimate of drug-likeness (QED) is 0.736. The molecule has 0 radical (unpaired) electrons. The number of hydrogen-bond acceptors (Lipinski definition) is 6. The third-order valence-corrected chi connectivity index (χ3v) is 5.46. The van der Waals surface area contributed by atoms with E-state index in [2.05, 4.69) is 14.9 Å². The maximum Gasteiger partial charge on any atom is 0.238 e. The summed E-state index contributed by atoms with van der Waals surface area (Å²) in [6, 6.07) is 17.4. The van der Waals surface area contributed by atoms with Gasteiger partial charge in [-0.1, -0.05) is 48.2 Å². The summed E-state index contributed by atoms with van der Waals surface area (Å²) in [5.74, 6) is 0. The minimum absolute atomic E-state index is 0.163. The van der Waals surface area contributed by atoms with Crippen molar-refractivity contribution < 1.29 is 13.0 Å². The number of hydrogen-bond donors (Lipinski definition) is 0. The first-order valence-corrected chi connectivity index (χ1v) is 8.33. The van der Waals surface area contributed by atoms with Crippen LogP contribution in [0.25, 0.3) is 0 Å². The van der Waals surface area contributed by atoms with E-state index in [4.69, 9.17) is 0 Å². The number of sulfone groups is 1. The fourth-order valence-electron chi connectivity index (χ4n) is 1.71. The van der Waals surface area contributed by atoms with Gasteiger partial charge in [-0.3, -0.25) is 0 Å². The molecule has 0 aliphatic carbocycles. The first-order valence-electron chi connectivity index (χ1n) is 6.03. The second kappa shape index (κ2) is 5.71. The molecular formula is C14H10N2O3S2. The first-order chi connectivity index (χ1) is 10.2. The highest BCUT2D eigenvalue weighted by Gasteiger charge is 2.27. The average molecular weight is 318 g/mol. The highest BCUT2D eigenvalue weighted by molar-refractivity contribution is 8.00. The lowest BCUT2D eigenvalue weighted by Crippen LogP contribution is -2.03. The summed E-state index contributed by atoms with van der Waals surface area (Å²) in [7, 11) is -3.73. The van der Waals surface area contributed by atoms with Crippen molar-refractivity contribution in [2.45, 2.75) is 19.8 Å². The van der Waals surface area contributed by atoms with Crippen molar-refractivity contribution in [1.29, 1.82) is 0 Å². The van der Waals surface area contributed by atoms with Crippen LogP contribution in [-0.4, -0.2) is 18.7 Å². The summed E-state index contributed by atoms with van der Waals surface area (Å²) in [6.45, 7) is 0. The van der Waals surface area contributed by atoms with Gasteiger partial charge in [-0.15, -0.1) is 0 Å². The Morgan fingerprint density at radius 1 is 0.857 bits per heavy atom. The molecule has 0 atom stereocenters. The molecule has 2 aromatic carbocycles. The van der Waals surface area contributed by atoms with Crippen LogP contribution >= 0.6 is 11.8 Å². The van der Waals surface area contributed by atoms with E-state index in [1.165, 1.54) is 23.9 Å². The molecule has 0 bridgehead atoms. The SMILES string of the molecule is O=S(=O)(c1ccccc1)c1nonc1Sc1ccccc1. The standard InChI is InChI=1S/C14H10N2O3S2/c17-21(18,12-9-5-2-6-10-12)14-13(15-19-16-14)20-11-7-3-1-4-8-11/h1-10H. The molecule has 0 fully saturated rings. The zero-order valence-electron chi connectivity index (χ0n) is 10.7. The Kier molecular flexibility index (Phi) is 3.76. The Morgan fingerprint density at radius 3 is 2.14 bits per heavy atom. The highest BCUT2D eigenvalue weighted by Crippen LogP contribution is 2.32. The minimum Gasteiger partial charge on any atom is -0.242 e. The van der Waals surface area contributed by atoms with E-state index in [0.29, 0.717) is 0 Å². The second-order valence-corrected chi connectivity index (χ2v) is 7.03. The topological polar surface area (TPSA) is 73.1 Å². The summed E-state index contributed by atoms with van der Waals surface area (Å²) in [6.07, 6.45) is 0. The molecule has 21 heavy (non-hydrogen) atoms. The zero-order chi connectivity index (χ0) is 14.7. The van der Waals surface area contributed by atoms with E-state index in [1.807, 2.05) is 30.3 Å². The van der Waals surface area contributed by atoms with E-state index < -0.39 is 9.84 Å². The van der Waals surface area contributed by atoms with Crippen molar-refractivity contribution in [2.75, 3.05) is 0 Å². The molecule has 0 aliphatic heterocycles. The van der Waals surface area contributed by atoms with Gasteiger partial charge in [0.2, 0.25) is 14.9 Å². The van der Waals surface area contributed by atoms with E-state index in [-0.39, 0.29) is 14.9 Å². The predicted octanol–water partition coefficient (Wildman–Crippen LogP) is 3.05. The number of aromatic nitrogens is 2. The van der Waals surface area contributed by atoms with Crippen molar-refractivity contribution in [3.8, 4) is 0 Å². The fourth-order valence-corrected chi connectivity index (χ4v) is 4.01. The molecule has 0 N–H and O–H groups in total. The maximum atomic E-state index is 12.5. The lowest BCUT2D eigenvalue weighted by molar-refractivity contribution is 0.291. The number of nitrogens with zero attached hydrogens (tertiary/aromatic N) is 2. The van der Waals surface area contributed by atoms with E-state index in [0.717, 1.165) is 4.90 Å². The third kappa shape index (κ3) is 2.84. The summed E-state index contributed by atoms with van der Waals surface area (Å²) in [4.78, 5) is 1.02. The van der Waals surface area contributed by atoms with Crippen LogP contribution in [0, 0.1) is 0 Å². The van der Waals surface area contributed by atoms with Gasteiger partial charge in [-0.2, -0.15) is 0 Å². The van der Waals surface area contributed by atoms with Crippen molar-refractivity contribution in [3.05, 3.63) is 60.7 Å². The largest absolute Gasteiger partial charge is 0.242 e. The van der Waals surface area contributed by atoms with Gasteiger partial charge >= 0.3 is 0 Å². The molecule has 0 unspecified atom stereocenters. The van der Waals surface area contributed by atoms with Crippen LogP contribution in [0.3, 0.4) is 0 Å². The average Bonchev–Trinajstić information content (AvgIpc) is 2.98. The molecule has 7 heteroatoms. The molecule has 0 spiro atoms. The number of rotatable bonds is 4. The molecule has 0 saturated heterocycles. The van der Waals surface area contributed by atoms with Gasteiger partial charge in [0.05, 0.1) is 4.90 Å². The van der Waals surface area contributed by atoms with Crippen molar-refractivity contribution in [3.63, 3.8) is 0 Å². The summed E-state index contributed by atoms with van der Waals surface area (Å²) in [5, 5.41) is 7.33. The van der Waals surface area contributed by atoms with Crippen molar-refractivity contribution in [2.24, 2.45) is 0 Å². The van der Waals surface area contributed by atoms with Crippen molar-refractivity contribution >= 4 is 21.6 Å². The van der Waals surface area contributed by atoms with Crippen LogP contribution < -0.4 is 0 Å². The third-order valence-electron chi connectivity index (χ3n) is 2.70. The Balaban J connectivity index is 2.00. The number of benzene rings is 2. The van der Waals surface area contributed by atoms with Gasteiger partial charge in [-0.25, -0.2) is 13.0 Å². The lowest BCUT2D eigenvalue weighted by Gasteiger charge is -2.02. The molecule has 106 valence electrons. The summed E-state index contributed by atoms with van der Waals surface area (Å²) < 4.78 is 29.7. The molecule has 0 saturated carbocycles. The molecule has 3 aromatic rings. The van der Waals surface area contributed by atoms with E-state index in [1.54, 1.807) is 18.2 Å². The summed E-state index contributed by atoms with van der Waals surface area (Å²) in [5.41, 5.74) is 0. The molecule has 0 aliphatic rings. The van der Waals surface area contributed by atoms with Gasteiger partial charge in [0.25, 0.3) is 0 Å². The monoisotopic (exact) mass is 318 g/mol. The Hall–Kier alpha value is -2.12. The predicted molar refractivity (Wildman–Crippen MR) is 76.8 cm³/mol. The highest BCUT2D eigenvalue weighted by atomic mass is 32.2. The first kappa shape index (κ1) is 13.8. The van der Waals surface area contributed by atoms with Crippen LogP contribution in [-0.2, 0) is 9.84 Å². The molecule has 3 rings (SSSR count). The molecule has 0 amide bonds. The van der Waals surface area contributed by atoms with Crippen LogP contribution in [0.5, 0.6) is 0 Å². The Morgan fingerprint density at radius 2 is 1.48 bits per heavy atom. The maximum absolute atomic E-state index is 12.5. The minimum atomic E-state index is -3.73. The molecule has 5 nitrogen and oxygen atoms in total. The molecule has 1 heterocycles. The van der Waals surface area contributed by atoms with Crippen LogP contribution in [0.4, 0.5) is 0 Å². The van der Waals surface area contributed by atoms with Crippen molar-refractivity contribution in [1.82, 2.24) is 10.3 Å². The summed E-state index contributed by atoms with van der Waals surface area (Å²) >= 11 is 1.20. The second-order valence-electron chi connectivity index (χ2n) is 4.11. The van der Waals surface area contributed by atoms with Gasteiger partial charge in [0.1, 0.15) is 0 Å². The lowest BCUT2D eigenvalue weighted by atomic mass is 10.4. The molecule has 1 aromatic heterocycles. The van der Waals surface area contributed by atoms with Gasteiger partial charge in [0.15, 0.2) is 5.03 Å². The smallest absolute Gasteiger partial charge is 0.238 e. The van der Waals surface area contributed by atoms with E-state index >= 15 is 0 Å². The van der Waals surface area contributed by atoms with Crippen LogP contribution in [0.2, 0.25) is 0 Å². The van der Waals surface area contributed by atoms with Gasteiger partial charge < -0.3 is 0 Å². The molecular weight excluding hydrogens is 308 g/mol.